The first kappa shape index (κ1) is 14.9. The van der Waals surface area contributed by atoms with Crippen molar-refractivity contribution in [3.05, 3.63) is 40.3 Å². The molecular formula is C13H13FN4O2S2. The largest absolute Gasteiger partial charge is 0.281 e. The number of halogens is 1. The fourth-order valence-corrected chi connectivity index (χ4v) is 4.32. The lowest BCUT2D eigenvalue weighted by Gasteiger charge is -2.09. The topological polar surface area (TPSA) is 76.4 Å². The molecule has 3 rings (SSSR count). The molecule has 0 amide bonds. The van der Waals surface area contributed by atoms with Gasteiger partial charge in [-0.15, -0.1) is 0 Å². The van der Waals surface area contributed by atoms with Gasteiger partial charge >= 0.3 is 0 Å². The van der Waals surface area contributed by atoms with Crippen LogP contribution in [0.2, 0.25) is 0 Å². The quantitative estimate of drug-likeness (QED) is 0.795. The number of anilines is 1. The summed E-state index contributed by atoms with van der Waals surface area (Å²) in [5.74, 6) is -0.628. The van der Waals surface area contributed by atoms with Crippen molar-refractivity contribution < 1.29 is 12.8 Å². The van der Waals surface area contributed by atoms with Crippen molar-refractivity contribution in [2.45, 2.75) is 25.8 Å². The molecule has 116 valence electrons. The molecule has 0 aliphatic carbocycles. The van der Waals surface area contributed by atoms with Crippen LogP contribution in [0.4, 0.5) is 10.1 Å². The zero-order valence-electron chi connectivity index (χ0n) is 12.1. The maximum atomic E-state index is 13.9. The van der Waals surface area contributed by atoms with Crippen LogP contribution in [-0.2, 0) is 10.0 Å². The Balaban J connectivity index is 2.10. The summed E-state index contributed by atoms with van der Waals surface area (Å²) in [6.07, 6.45) is 0. The van der Waals surface area contributed by atoms with Gasteiger partial charge in [-0.3, -0.25) is 4.72 Å². The van der Waals surface area contributed by atoms with E-state index in [1.165, 1.54) is 28.0 Å². The van der Waals surface area contributed by atoms with E-state index in [0.29, 0.717) is 21.2 Å². The second kappa shape index (κ2) is 5.03. The van der Waals surface area contributed by atoms with E-state index in [9.17, 15) is 12.8 Å². The van der Waals surface area contributed by atoms with Crippen LogP contribution < -0.4 is 4.72 Å². The Bertz CT molecular complexity index is 976. The van der Waals surface area contributed by atoms with E-state index < -0.39 is 15.8 Å². The fraction of sp³-hybridized carbons (Fsp3) is 0.231. The van der Waals surface area contributed by atoms with Crippen LogP contribution in [-0.4, -0.2) is 23.0 Å². The van der Waals surface area contributed by atoms with E-state index in [2.05, 4.69) is 14.8 Å². The Morgan fingerprint density at radius 2 is 2.00 bits per heavy atom. The summed E-state index contributed by atoms with van der Waals surface area (Å²) in [6.45, 7) is 5.07. The number of aromatic nitrogens is 3. The molecule has 0 aliphatic rings. The molecule has 22 heavy (non-hydrogen) atoms. The fourth-order valence-electron chi connectivity index (χ4n) is 2.13. The van der Waals surface area contributed by atoms with E-state index in [1.54, 1.807) is 26.8 Å². The lowest BCUT2D eigenvalue weighted by molar-refractivity contribution is 0.590. The van der Waals surface area contributed by atoms with E-state index in [1.807, 2.05) is 0 Å². The third kappa shape index (κ3) is 2.46. The Kier molecular flexibility index (Phi) is 3.41. The SMILES string of the molecule is Cc1ccc(NS(=O)(=O)c2c(C)nc3sc(C)nn23)c(F)c1. The van der Waals surface area contributed by atoms with Gasteiger partial charge in [0.2, 0.25) is 9.99 Å². The minimum absolute atomic E-state index is 0.0770. The molecule has 0 bridgehead atoms. The van der Waals surface area contributed by atoms with Crippen molar-refractivity contribution >= 4 is 32.0 Å². The van der Waals surface area contributed by atoms with Crippen LogP contribution in [0.25, 0.3) is 4.96 Å². The average molecular weight is 340 g/mol. The van der Waals surface area contributed by atoms with Crippen molar-refractivity contribution in [3.63, 3.8) is 0 Å². The standard InChI is InChI=1S/C13H13FN4O2S2/c1-7-4-5-11(10(14)6-7)17-22(19,20)12-8(2)15-13-18(12)16-9(3)21-13/h4-6,17H,1-3H3. The molecule has 0 aliphatic heterocycles. The van der Waals surface area contributed by atoms with Crippen molar-refractivity contribution in [2.24, 2.45) is 0 Å². The number of benzene rings is 1. The molecule has 0 radical (unpaired) electrons. The summed E-state index contributed by atoms with van der Waals surface area (Å²) in [6, 6.07) is 4.29. The Morgan fingerprint density at radius 3 is 2.68 bits per heavy atom. The molecule has 9 heteroatoms. The number of nitrogens with one attached hydrogen (secondary N) is 1. The number of fused-ring (bicyclic) bond motifs is 1. The van der Waals surface area contributed by atoms with Gasteiger partial charge in [0, 0.05) is 0 Å². The molecule has 0 saturated carbocycles. The smallest absolute Gasteiger partial charge is 0.275 e. The van der Waals surface area contributed by atoms with E-state index >= 15 is 0 Å². The molecule has 0 spiro atoms. The third-order valence-electron chi connectivity index (χ3n) is 3.05. The second-order valence-corrected chi connectivity index (χ2v) is 7.66. The van der Waals surface area contributed by atoms with Crippen molar-refractivity contribution in [2.75, 3.05) is 4.72 Å². The number of hydrogen-bond acceptors (Lipinski definition) is 5. The summed E-state index contributed by atoms with van der Waals surface area (Å²) in [4.78, 5) is 4.67. The van der Waals surface area contributed by atoms with Gasteiger partial charge in [0.25, 0.3) is 10.0 Å². The van der Waals surface area contributed by atoms with Crippen LogP contribution in [0.15, 0.2) is 23.2 Å². The van der Waals surface area contributed by atoms with E-state index in [4.69, 9.17) is 0 Å². The molecule has 0 fully saturated rings. The first-order valence-corrected chi connectivity index (χ1v) is 8.69. The highest BCUT2D eigenvalue weighted by molar-refractivity contribution is 7.92. The van der Waals surface area contributed by atoms with Gasteiger partial charge in [-0.1, -0.05) is 17.4 Å². The normalized spacial score (nSPS) is 12.0. The van der Waals surface area contributed by atoms with Crippen molar-refractivity contribution in [3.8, 4) is 0 Å². The average Bonchev–Trinajstić information content (AvgIpc) is 2.86. The van der Waals surface area contributed by atoms with Crippen LogP contribution in [0, 0.1) is 26.6 Å². The minimum atomic E-state index is -3.99. The third-order valence-corrected chi connectivity index (χ3v) is 5.34. The number of sulfonamides is 1. The van der Waals surface area contributed by atoms with Crippen LogP contribution in [0.5, 0.6) is 0 Å². The molecule has 6 nitrogen and oxygen atoms in total. The Morgan fingerprint density at radius 1 is 1.27 bits per heavy atom. The van der Waals surface area contributed by atoms with Crippen LogP contribution in [0.1, 0.15) is 16.3 Å². The lowest BCUT2D eigenvalue weighted by atomic mass is 10.2. The summed E-state index contributed by atoms with van der Waals surface area (Å²) in [5.41, 5.74) is 0.921. The van der Waals surface area contributed by atoms with Crippen molar-refractivity contribution in [1.82, 2.24) is 14.6 Å². The zero-order chi connectivity index (χ0) is 16.1. The first-order valence-electron chi connectivity index (χ1n) is 6.39. The predicted octanol–water partition coefficient (Wildman–Crippen LogP) is 2.66. The van der Waals surface area contributed by atoms with Crippen LogP contribution >= 0.6 is 11.3 Å². The maximum Gasteiger partial charge on any atom is 0.281 e. The number of nitrogens with zero attached hydrogens (tertiary/aromatic N) is 3. The maximum absolute atomic E-state index is 13.9. The molecular weight excluding hydrogens is 327 g/mol. The van der Waals surface area contributed by atoms with Crippen molar-refractivity contribution in [1.29, 1.82) is 0 Å². The van der Waals surface area contributed by atoms with E-state index in [-0.39, 0.29) is 10.7 Å². The highest BCUT2D eigenvalue weighted by atomic mass is 32.2. The molecule has 0 atom stereocenters. The van der Waals surface area contributed by atoms with Gasteiger partial charge < -0.3 is 0 Å². The molecule has 2 aromatic heterocycles. The Hall–Kier alpha value is -2.00. The summed E-state index contributed by atoms with van der Waals surface area (Å²) < 4.78 is 42.5. The summed E-state index contributed by atoms with van der Waals surface area (Å²) in [5, 5.41) is 4.76. The summed E-state index contributed by atoms with van der Waals surface area (Å²) >= 11 is 1.29. The highest BCUT2D eigenvalue weighted by Gasteiger charge is 2.26. The van der Waals surface area contributed by atoms with Gasteiger partial charge in [-0.2, -0.15) is 18.0 Å². The molecule has 2 heterocycles. The number of hydrogen-bond donors (Lipinski definition) is 1. The molecule has 3 aromatic rings. The van der Waals surface area contributed by atoms with Gasteiger partial charge in [0.15, 0.2) is 0 Å². The first-order chi connectivity index (χ1) is 10.3. The molecule has 1 aromatic carbocycles. The van der Waals surface area contributed by atoms with Gasteiger partial charge in [0.1, 0.15) is 10.8 Å². The number of rotatable bonds is 3. The molecule has 0 unspecified atom stereocenters. The monoisotopic (exact) mass is 340 g/mol. The minimum Gasteiger partial charge on any atom is -0.275 e. The van der Waals surface area contributed by atoms with Gasteiger partial charge in [0.05, 0.1) is 11.4 Å². The number of aryl methyl sites for hydroxylation is 3. The molecule has 1 N–H and O–H groups in total. The predicted molar refractivity (Wildman–Crippen MR) is 82.3 cm³/mol. The lowest BCUT2D eigenvalue weighted by Crippen LogP contribution is -2.17. The summed E-state index contributed by atoms with van der Waals surface area (Å²) in [7, 11) is -3.99. The van der Waals surface area contributed by atoms with Gasteiger partial charge in [-0.05, 0) is 38.5 Å². The van der Waals surface area contributed by atoms with E-state index in [0.717, 1.165) is 0 Å². The van der Waals surface area contributed by atoms with Crippen LogP contribution in [0.3, 0.4) is 0 Å². The number of imidazole rings is 1. The Labute approximate surface area is 130 Å². The molecule has 0 saturated heterocycles. The zero-order valence-corrected chi connectivity index (χ0v) is 13.7. The van der Waals surface area contributed by atoms with Gasteiger partial charge in [-0.25, -0.2) is 9.37 Å². The second-order valence-electron chi connectivity index (χ2n) is 4.91. The highest BCUT2D eigenvalue weighted by Crippen LogP contribution is 2.25.